The lowest BCUT2D eigenvalue weighted by atomic mass is 10.0. The molecule has 2 aromatic heterocycles. The van der Waals surface area contributed by atoms with Crippen LogP contribution in [-0.2, 0) is 6.42 Å². The van der Waals surface area contributed by atoms with Crippen LogP contribution in [0.25, 0.3) is 16.8 Å². The third-order valence-corrected chi connectivity index (χ3v) is 5.32. The standard InChI is InChI=1S/C22H15Cl2NO2/c23-18-4-3-5-19(24)17(18)12-16-13-21(25-11-2-1-6-20(16)25)14-7-9-15(10-8-14)22(26)27/h1-11,13H,12H2,(H,26,27). The lowest BCUT2D eigenvalue weighted by molar-refractivity contribution is 0.0697. The summed E-state index contributed by atoms with van der Waals surface area (Å²) in [6.45, 7) is 0. The summed E-state index contributed by atoms with van der Waals surface area (Å²) in [6.07, 6.45) is 2.60. The molecule has 0 bridgehead atoms. The molecule has 0 aliphatic carbocycles. The van der Waals surface area contributed by atoms with Crippen molar-refractivity contribution >= 4 is 34.7 Å². The van der Waals surface area contributed by atoms with E-state index in [9.17, 15) is 4.79 Å². The first-order valence-electron chi connectivity index (χ1n) is 8.40. The lowest BCUT2D eigenvalue weighted by Gasteiger charge is -2.06. The maximum absolute atomic E-state index is 11.1. The minimum Gasteiger partial charge on any atom is -0.478 e. The Balaban J connectivity index is 1.83. The van der Waals surface area contributed by atoms with Crippen LogP contribution in [0.1, 0.15) is 21.5 Å². The zero-order chi connectivity index (χ0) is 19.0. The van der Waals surface area contributed by atoms with Crippen LogP contribution in [0.2, 0.25) is 10.0 Å². The van der Waals surface area contributed by atoms with Crippen LogP contribution in [0, 0.1) is 0 Å². The van der Waals surface area contributed by atoms with Gasteiger partial charge in [0.15, 0.2) is 0 Å². The second-order valence-electron chi connectivity index (χ2n) is 6.27. The van der Waals surface area contributed by atoms with Crippen molar-refractivity contribution in [1.82, 2.24) is 4.40 Å². The molecule has 27 heavy (non-hydrogen) atoms. The van der Waals surface area contributed by atoms with Crippen molar-refractivity contribution in [1.29, 1.82) is 0 Å². The number of aromatic nitrogens is 1. The highest BCUT2D eigenvalue weighted by molar-refractivity contribution is 6.36. The highest BCUT2D eigenvalue weighted by atomic mass is 35.5. The molecule has 5 heteroatoms. The van der Waals surface area contributed by atoms with E-state index >= 15 is 0 Å². The third kappa shape index (κ3) is 3.32. The van der Waals surface area contributed by atoms with Crippen molar-refractivity contribution in [3.8, 4) is 11.3 Å². The Morgan fingerprint density at radius 3 is 2.30 bits per heavy atom. The Hall–Kier alpha value is -2.75. The number of hydrogen-bond acceptors (Lipinski definition) is 1. The number of carbonyl (C=O) groups is 1. The Bertz CT molecular complexity index is 1130. The van der Waals surface area contributed by atoms with Crippen LogP contribution >= 0.6 is 23.2 Å². The molecule has 0 aliphatic heterocycles. The topological polar surface area (TPSA) is 41.7 Å². The first-order chi connectivity index (χ1) is 13.0. The van der Waals surface area contributed by atoms with E-state index in [4.69, 9.17) is 28.3 Å². The number of carboxylic acids is 1. The monoisotopic (exact) mass is 395 g/mol. The second kappa shape index (κ2) is 7.10. The summed E-state index contributed by atoms with van der Waals surface area (Å²) >= 11 is 12.7. The quantitative estimate of drug-likeness (QED) is 0.446. The lowest BCUT2D eigenvalue weighted by Crippen LogP contribution is -1.95. The van der Waals surface area contributed by atoms with Gasteiger partial charge >= 0.3 is 5.97 Å². The molecule has 2 heterocycles. The van der Waals surface area contributed by atoms with E-state index in [-0.39, 0.29) is 5.56 Å². The van der Waals surface area contributed by atoms with Crippen molar-refractivity contribution < 1.29 is 9.90 Å². The van der Waals surface area contributed by atoms with Gasteiger partial charge in [0, 0.05) is 28.2 Å². The van der Waals surface area contributed by atoms with Gasteiger partial charge < -0.3 is 9.51 Å². The highest BCUT2D eigenvalue weighted by Gasteiger charge is 2.14. The molecule has 0 aliphatic rings. The molecular weight excluding hydrogens is 381 g/mol. The van der Waals surface area contributed by atoms with Gasteiger partial charge in [-0.2, -0.15) is 0 Å². The Morgan fingerprint density at radius 1 is 0.926 bits per heavy atom. The zero-order valence-electron chi connectivity index (χ0n) is 14.2. The van der Waals surface area contributed by atoms with Crippen molar-refractivity contribution in [3.63, 3.8) is 0 Å². The first-order valence-corrected chi connectivity index (χ1v) is 9.16. The molecule has 134 valence electrons. The summed E-state index contributed by atoms with van der Waals surface area (Å²) < 4.78 is 2.09. The minimum atomic E-state index is -0.935. The number of halogens is 2. The molecule has 0 spiro atoms. The Kier molecular flexibility index (Phi) is 4.65. The van der Waals surface area contributed by atoms with Crippen molar-refractivity contribution in [3.05, 3.63) is 99.7 Å². The maximum Gasteiger partial charge on any atom is 0.335 e. The molecule has 0 unspecified atom stereocenters. The SMILES string of the molecule is O=C(O)c1ccc(-c2cc(Cc3c(Cl)cccc3Cl)c3ccccn23)cc1. The van der Waals surface area contributed by atoms with Crippen LogP contribution in [0.5, 0.6) is 0 Å². The Morgan fingerprint density at radius 2 is 1.63 bits per heavy atom. The second-order valence-corrected chi connectivity index (χ2v) is 7.08. The summed E-state index contributed by atoms with van der Waals surface area (Å²) in [5, 5.41) is 10.4. The number of rotatable bonds is 4. The normalized spacial score (nSPS) is 11.0. The highest BCUT2D eigenvalue weighted by Crippen LogP contribution is 2.32. The fourth-order valence-electron chi connectivity index (χ4n) is 3.26. The molecular formula is C22H15Cl2NO2. The first kappa shape index (κ1) is 17.7. The van der Waals surface area contributed by atoms with Gasteiger partial charge in [0.25, 0.3) is 0 Å². The number of benzene rings is 2. The summed E-state index contributed by atoms with van der Waals surface area (Å²) in [5.41, 5.74) is 5.25. The summed E-state index contributed by atoms with van der Waals surface area (Å²) in [7, 11) is 0. The van der Waals surface area contributed by atoms with Gasteiger partial charge in [-0.1, -0.05) is 47.5 Å². The van der Waals surface area contributed by atoms with E-state index in [2.05, 4.69) is 16.5 Å². The molecule has 0 atom stereocenters. The number of pyridine rings is 1. The number of nitrogens with zero attached hydrogens (tertiary/aromatic N) is 1. The zero-order valence-corrected chi connectivity index (χ0v) is 15.7. The molecule has 0 saturated carbocycles. The molecule has 0 amide bonds. The molecule has 0 saturated heterocycles. The smallest absolute Gasteiger partial charge is 0.335 e. The van der Waals surface area contributed by atoms with Crippen molar-refractivity contribution in [2.75, 3.05) is 0 Å². The molecule has 2 aromatic carbocycles. The van der Waals surface area contributed by atoms with E-state index in [1.165, 1.54) is 0 Å². The molecule has 3 nitrogen and oxygen atoms in total. The van der Waals surface area contributed by atoms with Gasteiger partial charge in [-0.3, -0.25) is 0 Å². The summed E-state index contributed by atoms with van der Waals surface area (Å²) in [6, 6.07) is 20.5. The van der Waals surface area contributed by atoms with Gasteiger partial charge in [-0.15, -0.1) is 0 Å². The van der Waals surface area contributed by atoms with Gasteiger partial charge in [-0.05, 0) is 59.2 Å². The molecule has 4 rings (SSSR count). The van der Waals surface area contributed by atoms with Crippen LogP contribution in [0.4, 0.5) is 0 Å². The van der Waals surface area contributed by atoms with Gasteiger partial charge in [0.2, 0.25) is 0 Å². The largest absolute Gasteiger partial charge is 0.478 e. The van der Waals surface area contributed by atoms with Crippen LogP contribution in [0.15, 0.2) is 72.9 Å². The van der Waals surface area contributed by atoms with Gasteiger partial charge in [0.1, 0.15) is 0 Å². The fourth-order valence-corrected chi connectivity index (χ4v) is 3.79. The van der Waals surface area contributed by atoms with Crippen LogP contribution in [0.3, 0.4) is 0 Å². The van der Waals surface area contributed by atoms with Crippen molar-refractivity contribution in [2.45, 2.75) is 6.42 Å². The molecule has 0 radical (unpaired) electrons. The average Bonchev–Trinajstić information content (AvgIpc) is 3.04. The summed E-state index contributed by atoms with van der Waals surface area (Å²) in [5.74, 6) is -0.935. The van der Waals surface area contributed by atoms with Gasteiger partial charge in [0.05, 0.1) is 11.3 Å². The van der Waals surface area contributed by atoms with Gasteiger partial charge in [-0.25, -0.2) is 4.79 Å². The maximum atomic E-state index is 11.1. The van der Waals surface area contributed by atoms with E-state index in [0.29, 0.717) is 16.5 Å². The van der Waals surface area contributed by atoms with Crippen LogP contribution in [-0.4, -0.2) is 15.5 Å². The minimum absolute atomic E-state index is 0.266. The van der Waals surface area contributed by atoms with E-state index in [0.717, 1.165) is 27.9 Å². The van der Waals surface area contributed by atoms with E-state index in [1.807, 2.05) is 48.7 Å². The molecule has 0 fully saturated rings. The number of hydrogen-bond donors (Lipinski definition) is 1. The third-order valence-electron chi connectivity index (χ3n) is 4.62. The van der Waals surface area contributed by atoms with E-state index < -0.39 is 5.97 Å². The molecule has 1 N–H and O–H groups in total. The van der Waals surface area contributed by atoms with Crippen molar-refractivity contribution in [2.24, 2.45) is 0 Å². The fraction of sp³-hybridized carbons (Fsp3) is 0.0455. The Labute approximate surface area is 166 Å². The average molecular weight is 396 g/mol. The summed E-state index contributed by atoms with van der Waals surface area (Å²) in [4.78, 5) is 11.1. The predicted octanol–water partition coefficient (Wildman–Crippen LogP) is 6.20. The molecule has 4 aromatic rings. The number of fused-ring (bicyclic) bond motifs is 1. The predicted molar refractivity (Wildman–Crippen MR) is 109 cm³/mol. The number of aromatic carboxylic acids is 1. The van der Waals surface area contributed by atoms with Crippen LogP contribution < -0.4 is 0 Å². The van der Waals surface area contributed by atoms with E-state index in [1.54, 1.807) is 12.1 Å². The number of carboxylic acid groups (broad SMARTS) is 1.